The normalized spacial score (nSPS) is 11.1. The number of hydrogen-bond acceptors (Lipinski definition) is 2. The standard InChI is InChI=1S/C16H11Cl2FN2/c1-8-5-9(2)14-13(6-8)20-16(21-15(14)18)10-3-4-11(17)12(19)7-10/h3-7H,1-2H3. The predicted molar refractivity (Wildman–Crippen MR) is 84.4 cm³/mol. The van der Waals surface area contributed by atoms with E-state index >= 15 is 0 Å². The summed E-state index contributed by atoms with van der Waals surface area (Å²) in [6.07, 6.45) is 0. The van der Waals surface area contributed by atoms with E-state index in [9.17, 15) is 4.39 Å². The molecule has 106 valence electrons. The lowest BCUT2D eigenvalue weighted by Gasteiger charge is -2.08. The fourth-order valence-corrected chi connectivity index (χ4v) is 2.80. The number of nitrogens with zero attached hydrogens (tertiary/aromatic N) is 2. The Bertz CT molecular complexity index is 863. The highest BCUT2D eigenvalue weighted by Gasteiger charge is 2.12. The molecule has 21 heavy (non-hydrogen) atoms. The van der Waals surface area contributed by atoms with Gasteiger partial charge in [-0.25, -0.2) is 14.4 Å². The van der Waals surface area contributed by atoms with Crippen LogP contribution in [0.15, 0.2) is 30.3 Å². The largest absolute Gasteiger partial charge is 0.228 e. The van der Waals surface area contributed by atoms with Gasteiger partial charge in [0.1, 0.15) is 11.0 Å². The van der Waals surface area contributed by atoms with E-state index < -0.39 is 5.82 Å². The van der Waals surface area contributed by atoms with E-state index in [2.05, 4.69) is 9.97 Å². The molecular weight excluding hydrogens is 310 g/mol. The quantitative estimate of drug-likeness (QED) is 0.564. The molecule has 2 nitrogen and oxygen atoms in total. The van der Waals surface area contributed by atoms with Gasteiger partial charge in [-0.05, 0) is 49.2 Å². The molecule has 0 spiro atoms. The topological polar surface area (TPSA) is 25.8 Å². The molecule has 5 heteroatoms. The van der Waals surface area contributed by atoms with Gasteiger partial charge in [-0.3, -0.25) is 0 Å². The Kier molecular flexibility index (Phi) is 3.56. The maximum atomic E-state index is 13.6. The zero-order valence-corrected chi connectivity index (χ0v) is 12.9. The van der Waals surface area contributed by atoms with E-state index in [1.807, 2.05) is 26.0 Å². The van der Waals surface area contributed by atoms with Crippen molar-refractivity contribution in [2.24, 2.45) is 0 Å². The Labute approximate surface area is 131 Å². The van der Waals surface area contributed by atoms with Gasteiger partial charge in [0.25, 0.3) is 0 Å². The second-order valence-electron chi connectivity index (χ2n) is 4.94. The number of benzene rings is 2. The summed E-state index contributed by atoms with van der Waals surface area (Å²) in [5, 5.41) is 1.25. The van der Waals surface area contributed by atoms with Crippen molar-refractivity contribution in [2.75, 3.05) is 0 Å². The molecule has 0 aliphatic carbocycles. The first-order valence-corrected chi connectivity index (χ1v) is 7.11. The minimum Gasteiger partial charge on any atom is -0.228 e. The molecule has 0 saturated carbocycles. The van der Waals surface area contributed by atoms with Gasteiger partial charge in [0.15, 0.2) is 5.82 Å². The lowest BCUT2D eigenvalue weighted by Crippen LogP contribution is -1.95. The van der Waals surface area contributed by atoms with Gasteiger partial charge in [-0.2, -0.15) is 0 Å². The summed E-state index contributed by atoms with van der Waals surface area (Å²) in [6.45, 7) is 3.95. The molecule has 0 radical (unpaired) electrons. The lowest BCUT2D eigenvalue weighted by molar-refractivity contribution is 0.628. The summed E-state index contributed by atoms with van der Waals surface area (Å²) in [4.78, 5) is 8.77. The van der Waals surface area contributed by atoms with Crippen LogP contribution in [0, 0.1) is 19.7 Å². The first-order valence-electron chi connectivity index (χ1n) is 6.35. The molecule has 0 saturated heterocycles. The summed E-state index contributed by atoms with van der Waals surface area (Å²) in [5.74, 6) is -0.123. The molecule has 0 atom stereocenters. The highest BCUT2D eigenvalue weighted by atomic mass is 35.5. The van der Waals surface area contributed by atoms with Crippen LogP contribution in [0.1, 0.15) is 11.1 Å². The van der Waals surface area contributed by atoms with Gasteiger partial charge in [-0.1, -0.05) is 29.3 Å². The van der Waals surface area contributed by atoms with Gasteiger partial charge in [0.05, 0.1) is 10.5 Å². The third kappa shape index (κ3) is 2.59. The van der Waals surface area contributed by atoms with Crippen molar-refractivity contribution in [1.29, 1.82) is 0 Å². The van der Waals surface area contributed by atoms with Gasteiger partial charge in [0.2, 0.25) is 0 Å². The Hall–Kier alpha value is -1.71. The molecule has 0 aliphatic heterocycles. The highest BCUT2D eigenvalue weighted by Crippen LogP contribution is 2.29. The Morgan fingerprint density at radius 3 is 2.48 bits per heavy atom. The summed E-state index contributed by atoms with van der Waals surface area (Å²) < 4.78 is 13.6. The molecule has 0 aliphatic rings. The zero-order valence-electron chi connectivity index (χ0n) is 11.4. The number of halogens is 3. The summed E-state index contributed by atoms with van der Waals surface area (Å²) in [7, 11) is 0. The molecule has 0 fully saturated rings. The Morgan fingerprint density at radius 1 is 1.00 bits per heavy atom. The van der Waals surface area contributed by atoms with Gasteiger partial charge >= 0.3 is 0 Å². The van der Waals surface area contributed by atoms with Gasteiger partial charge < -0.3 is 0 Å². The Morgan fingerprint density at radius 2 is 1.76 bits per heavy atom. The molecule has 1 heterocycles. The molecule has 0 bridgehead atoms. The number of rotatable bonds is 1. The third-order valence-electron chi connectivity index (χ3n) is 3.27. The smallest absolute Gasteiger partial charge is 0.161 e. The van der Waals surface area contributed by atoms with E-state index in [0.717, 1.165) is 22.0 Å². The second-order valence-corrected chi connectivity index (χ2v) is 5.71. The van der Waals surface area contributed by atoms with Crippen molar-refractivity contribution in [2.45, 2.75) is 13.8 Å². The second kappa shape index (κ2) is 5.24. The first kappa shape index (κ1) is 14.2. The van der Waals surface area contributed by atoms with Crippen LogP contribution >= 0.6 is 23.2 Å². The number of aryl methyl sites for hydroxylation is 2. The summed E-state index contributed by atoms with van der Waals surface area (Å²) in [6, 6.07) is 8.42. The van der Waals surface area contributed by atoms with Crippen LogP contribution in [0.3, 0.4) is 0 Å². The molecule has 1 aromatic heterocycles. The molecule has 3 aromatic rings. The van der Waals surface area contributed by atoms with Crippen molar-refractivity contribution in [3.05, 3.63) is 57.5 Å². The van der Waals surface area contributed by atoms with Crippen LogP contribution in [0.4, 0.5) is 4.39 Å². The minimum absolute atomic E-state index is 0.0670. The SMILES string of the molecule is Cc1cc(C)c2c(Cl)nc(-c3ccc(Cl)c(F)c3)nc2c1. The third-order valence-corrected chi connectivity index (χ3v) is 3.85. The fourth-order valence-electron chi connectivity index (χ4n) is 2.35. The van der Waals surface area contributed by atoms with Crippen LogP contribution in [-0.2, 0) is 0 Å². The molecule has 0 amide bonds. The maximum Gasteiger partial charge on any atom is 0.161 e. The average molecular weight is 321 g/mol. The van der Waals surface area contributed by atoms with Crippen LogP contribution in [0.25, 0.3) is 22.3 Å². The van der Waals surface area contributed by atoms with Crippen molar-refractivity contribution >= 4 is 34.1 Å². The predicted octanol–water partition coefficient (Wildman–Crippen LogP) is 5.36. The number of hydrogen-bond donors (Lipinski definition) is 0. The van der Waals surface area contributed by atoms with Gasteiger partial charge in [-0.15, -0.1) is 0 Å². The van der Waals surface area contributed by atoms with E-state index in [4.69, 9.17) is 23.2 Å². The van der Waals surface area contributed by atoms with Crippen molar-refractivity contribution in [1.82, 2.24) is 9.97 Å². The van der Waals surface area contributed by atoms with Crippen LogP contribution in [0.2, 0.25) is 10.2 Å². The van der Waals surface area contributed by atoms with Crippen molar-refractivity contribution < 1.29 is 4.39 Å². The fraction of sp³-hybridized carbons (Fsp3) is 0.125. The lowest BCUT2D eigenvalue weighted by atomic mass is 10.1. The van der Waals surface area contributed by atoms with Crippen LogP contribution < -0.4 is 0 Å². The van der Waals surface area contributed by atoms with E-state index in [1.54, 1.807) is 6.07 Å². The first-order chi connectivity index (χ1) is 9.95. The molecule has 2 aromatic carbocycles. The highest BCUT2D eigenvalue weighted by molar-refractivity contribution is 6.34. The Balaban J connectivity index is 2.27. The summed E-state index contributed by atoms with van der Waals surface area (Å²) >= 11 is 12.0. The molecule has 0 unspecified atom stereocenters. The number of fused-ring (bicyclic) bond motifs is 1. The van der Waals surface area contributed by atoms with E-state index in [0.29, 0.717) is 16.5 Å². The molecule has 0 N–H and O–H groups in total. The average Bonchev–Trinajstić information content (AvgIpc) is 2.40. The van der Waals surface area contributed by atoms with Crippen molar-refractivity contribution in [3.8, 4) is 11.4 Å². The van der Waals surface area contributed by atoms with Crippen molar-refractivity contribution in [3.63, 3.8) is 0 Å². The van der Waals surface area contributed by atoms with Crippen LogP contribution in [-0.4, -0.2) is 9.97 Å². The van der Waals surface area contributed by atoms with Gasteiger partial charge in [0, 0.05) is 10.9 Å². The zero-order chi connectivity index (χ0) is 15.1. The summed E-state index contributed by atoms with van der Waals surface area (Å²) in [5.41, 5.74) is 3.39. The maximum absolute atomic E-state index is 13.6. The van der Waals surface area contributed by atoms with Crippen LogP contribution in [0.5, 0.6) is 0 Å². The molecular formula is C16H11Cl2FN2. The minimum atomic E-state index is -0.505. The molecule has 3 rings (SSSR count). The monoisotopic (exact) mass is 320 g/mol. The number of aromatic nitrogens is 2. The van der Waals surface area contributed by atoms with E-state index in [-0.39, 0.29) is 5.02 Å². The van der Waals surface area contributed by atoms with E-state index in [1.165, 1.54) is 12.1 Å².